The summed E-state index contributed by atoms with van der Waals surface area (Å²) >= 11 is 0. The lowest BCUT2D eigenvalue weighted by atomic mass is 10.0. The summed E-state index contributed by atoms with van der Waals surface area (Å²) in [5.74, 6) is -0.635. The molecule has 0 atom stereocenters. The molecule has 0 aliphatic heterocycles. The standard InChI is InChI=1S/C10H10F3NO2/c1-5(15)6-3-9(16-2)8(14)4-7(6)10(11,12)13/h3-4H,14H2,1-2H3. The molecule has 0 aliphatic rings. The van der Waals surface area contributed by atoms with Crippen molar-refractivity contribution in [3.8, 4) is 5.75 Å². The lowest BCUT2D eigenvalue weighted by Gasteiger charge is -2.14. The van der Waals surface area contributed by atoms with Crippen molar-refractivity contribution in [2.45, 2.75) is 13.1 Å². The highest BCUT2D eigenvalue weighted by molar-refractivity contribution is 5.97. The lowest BCUT2D eigenvalue weighted by Crippen LogP contribution is -2.13. The van der Waals surface area contributed by atoms with Crippen LogP contribution in [0, 0.1) is 0 Å². The smallest absolute Gasteiger partial charge is 0.417 e. The highest BCUT2D eigenvalue weighted by Crippen LogP contribution is 2.37. The van der Waals surface area contributed by atoms with E-state index in [1.165, 1.54) is 7.11 Å². The molecule has 0 saturated heterocycles. The van der Waals surface area contributed by atoms with Crippen LogP contribution in [0.25, 0.3) is 0 Å². The van der Waals surface area contributed by atoms with Gasteiger partial charge in [-0.2, -0.15) is 13.2 Å². The van der Waals surface area contributed by atoms with Crippen molar-refractivity contribution in [1.29, 1.82) is 0 Å². The van der Waals surface area contributed by atoms with Crippen LogP contribution in [-0.4, -0.2) is 12.9 Å². The van der Waals surface area contributed by atoms with Gasteiger partial charge in [-0.1, -0.05) is 0 Å². The Labute approximate surface area is 90.0 Å². The molecule has 0 saturated carbocycles. The van der Waals surface area contributed by atoms with Gasteiger partial charge in [-0.15, -0.1) is 0 Å². The molecule has 0 bridgehead atoms. The van der Waals surface area contributed by atoms with E-state index in [4.69, 9.17) is 10.5 Å². The lowest BCUT2D eigenvalue weighted by molar-refractivity contribution is -0.137. The van der Waals surface area contributed by atoms with E-state index >= 15 is 0 Å². The number of Topliss-reactive ketones (excluding diaryl/α,β-unsaturated/α-hetero) is 1. The Morgan fingerprint density at radius 1 is 1.38 bits per heavy atom. The number of hydrogen-bond donors (Lipinski definition) is 1. The molecule has 0 fully saturated rings. The molecule has 0 unspecified atom stereocenters. The average Bonchev–Trinajstić information content (AvgIpc) is 2.15. The second kappa shape index (κ2) is 4.03. The van der Waals surface area contributed by atoms with Crippen molar-refractivity contribution in [3.63, 3.8) is 0 Å². The van der Waals surface area contributed by atoms with Crippen LogP contribution < -0.4 is 10.5 Å². The molecule has 88 valence electrons. The maximum Gasteiger partial charge on any atom is 0.417 e. The van der Waals surface area contributed by atoms with E-state index in [-0.39, 0.29) is 11.4 Å². The minimum absolute atomic E-state index is 0.0539. The number of halogens is 3. The minimum Gasteiger partial charge on any atom is -0.495 e. The SMILES string of the molecule is COc1cc(C(C)=O)c(C(F)(F)F)cc1N. The molecule has 16 heavy (non-hydrogen) atoms. The normalized spacial score (nSPS) is 11.3. The van der Waals surface area contributed by atoms with Gasteiger partial charge in [0.1, 0.15) is 5.75 Å². The van der Waals surface area contributed by atoms with Crippen molar-refractivity contribution < 1.29 is 22.7 Å². The number of ether oxygens (including phenoxy) is 1. The summed E-state index contributed by atoms with van der Waals surface area (Å²) in [5, 5.41) is 0. The number of nitrogen functional groups attached to an aromatic ring is 1. The van der Waals surface area contributed by atoms with Gasteiger partial charge in [0.25, 0.3) is 0 Å². The first-order valence-electron chi connectivity index (χ1n) is 4.33. The van der Waals surface area contributed by atoms with Gasteiger partial charge in [-0.25, -0.2) is 0 Å². The number of alkyl halides is 3. The molecular weight excluding hydrogens is 223 g/mol. The Morgan fingerprint density at radius 3 is 2.31 bits per heavy atom. The van der Waals surface area contributed by atoms with E-state index < -0.39 is 23.1 Å². The molecule has 2 N–H and O–H groups in total. The quantitative estimate of drug-likeness (QED) is 0.630. The van der Waals surface area contributed by atoms with Gasteiger partial charge in [0.05, 0.1) is 18.4 Å². The molecule has 1 aromatic carbocycles. The van der Waals surface area contributed by atoms with E-state index in [2.05, 4.69) is 0 Å². The first kappa shape index (κ1) is 12.4. The van der Waals surface area contributed by atoms with Crippen LogP contribution in [0.5, 0.6) is 5.75 Å². The van der Waals surface area contributed by atoms with Crippen molar-refractivity contribution in [2.24, 2.45) is 0 Å². The van der Waals surface area contributed by atoms with Gasteiger partial charge in [-0.05, 0) is 19.1 Å². The monoisotopic (exact) mass is 233 g/mol. The van der Waals surface area contributed by atoms with E-state index in [0.717, 1.165) is 13.0 Å². The molecule has 1 rings (SSSR count). The molecule has 0 spiro atoms. The second-order valence-electron chi connectivity index (χ2n) is 3.19. The Balaban J connectivity index is 3.49. The number of hydrogen-bond acceptors (Lipinski definition) is 3. The molecule has 3 nitrogen and oxygen atoms in total. The zero-order valence-electron chi connectivity index (χ0n) is 8.68. The highest BCUT2D eigenvalue weighted by Gasteiger charge is 2.35. The third kappa shape index (κ3) is 2.26. The van der Waals surface area contributed by atoms with Crippen LogP contribution in [-0.2, 0) is 6.18 Å². The molecule has 0 aromatic heterocycles. The van der Waals surface area contributed by atoms with Gasteiger partial charge in [0, 0.05) is 5.56 Å². The topological polar surface area (TPSA) is 52.3 Å². The maximum atomic E-state index is 12.6. The first-order chi connectivity index (χ1) is 7.27. The van der Waals surface area contributed by atoms with Crippen molar-refractivity contribution in [3.05, 3.63) is 23.3 Å². The Morgan fingerprint density at radius 2 is 1.94 bits per heavy atom. The van der Waals surface area contributed by atoms with E-state index in [9.17, 15) is 18.0 Å². The number of carbonyl (C=O) groups excluding carboxylic acids is 1. The zero-order valence-corrected chi connectivity index (χ0v) is 8.68. The van der Waals surface area contributed by atoms with Crippen LogP contribution in [0.2, 0.25) is 0 Å². The van der Waals surface area contributed by atoms with Crippen LogP contribution in [0.3, 0.4) is 0 Å². The Hall–Kier alpha value is -1.72. The first-order valence-corrected chi connectivity index (χ1v) is 4.33. The van der Waals surface area contributed by atoms with Crippen LogP contribution in [0.4, 0.5) is 18.9 Å². The number of methoxy groups -OCH3 is 1. The Bertz CT molecular complexity index is 427. The third-order valence-electron chi connectivity index (χ3n) is 2.05. The fourth-order valence-electron chi connectivity index (χ4n) is 1.30. The average molecular weight is 233 g/mol. The molecule has 0 heterocycles. The molecule has 1 aromatic rings. The number of anilines is 1. The molecule has 0 amide bonds. The number of carbonyl (C=O) groups is 1. The van der Waals surface area contributed by atoms with Gasteiger partial charge >= 0.3 is 6.18 Å². The van der Waals surface area contributed by atoms with Crippen LogP contribution in [0.1, 0.15) is 22.8 Å². The van der Waals surface area contributed by atoms with Crippen LogP contribution >= 0.6 is 0 Å². The predicted molar refractivity (Wildman–Crippen MR) is 52.4 cm³/mol. The zero-order chi connectivity index (χ0) is 12.5. The fraction of sp³-hybridized carbons (Fsp3) is 0.300. The largest absolute Gasteiger partial charge is 0.495 e. The predicted octanol–water partition coefficient (Wildman–Crippen LogP) is 2.50. The summed E-state index contributed by atoms with van der Waals surface area (Å²) in [7, 11) is 1.27. The van der Waals surface area contributed by atoms with E-state index in [1.807, 2.05) is 0 Å². The van der Waals surface area contributed by atoms with Gasteiger partial charge < -0.3 is 10.5 Å². The number of rotatable bonds is 2. The summed E-state index contributed by atoms with van der Waals surface area (Å²) in [6, 6.07) is 1.70. The summed E-state index contributed by atoms with van der Waals surface area (Å²) in [6.45, 7) is 1.06. The molecule has 6 heteroatoms. The summed E-state index contributed by atoms with van der Waals surface area (Å²) < 4.78 is 42.5. The summed E-state index contributed by atoms with van der Waals surface area (Å²) in [4.78, 5) is 11.1. The van der Waals surface area contributed by atoms with E-state index in [0.29, 0.717) is 6.07 Å². The van der Waals surface area contributed by atoms with E-state index in [1.54, 1.807) is 0 Å². The number of benzene rings is 1. The third-order valence-corrected chi connectivity index (χ3v) is 2.05. The van der Waals surface area contributed by atoms with Crippen LogP contribution in [0.15, 0.2) is 12.1 Å². The highest BCUT2D eigenvalue weighted by atomic mass is 19.4. The van der Waals surface area contributed by atoms with Crippen molar-refractivity contribution in [1.82, 2.24) is 0 Å². The maximum absolute atomic E-state index is 12.6. The summed E-state index contributed by atoms with van der Waals surface area (Å²) in [6.07, 6.45) is -4.61. The molecule has 0 radical (unpaired) electrons. The van der Waals surface area contributed by atoms with Gasteiger partial charge in [0.15, 0.2) is 5.78 Å². The fourth-order valence-corrected chi connectivity index (χ4v) is 1.30. The van der Waals surface area contributed by atoms with Gasteiger partial charge in [-0.3, -0.25) is 4.79 Å². The van der Waals surface area contributed by atoms with Gasteiger partial charge in [0.2, 0.25) is 0 Å². The van der Waals surface area contributed by atoms with Crippen molar-refractivity contribution >= 4 is 11.5 Å². The van der Waals surface area contributed by atoms with Crippen molar-refractivity contribution in [2.75, 3.05) is 12.8 Å². The number of nitrogens with two attached hydrogens (primary N) is 1. The Kier molecular flexibility index (Phi) is 3.11. The molecular formula is C10H10F3NO2. The number of ketones is 1. The summed E-state index contributed by atoms with van der Waals surface area (Å²) in [5.41, 5.74) is 3.72. The second-order valence-corrected chi connectivity index (χ2v) is 3.19. The molecule has 0 aliphatic carbocycles. The minimum atomic E-state index is -4.61.